The minimum absolute atomic E-state index is 0.0368. The molecule has 10 heteroatoms. The van der Waals surface area contributed by atoms with Crippen LogP contribution in [0.2, 0.25) is 0 Å². The molecule has 24 heavy (non-hydrogen) atoms. The van der Waals surface area contributed by atoms with Gasteiger partial charge in [-0.1, -0.05) is 11.3 Å². The van der Waals surface area contributed by atoms with E-state index in [-0.39, 0.29) is 29.3 Å². The van der Waals surface area contributed by atoms with Crippen LogP contribution in [0, 0.1) is 15.9 Å². The number of thiazole rings is 1. The highest BCUT2D eigenvalue weighted by molar-refractivity contribution is 7.15. The van der Waals surface area contributed by atoms with Crippen LogP contribution in [-0.2, 0) is 11.3 Å². The lowest BCUT2D eigenvalue weighted by atomic mass is 10.1. The maximum absolute atomic E-state index is 13.9. The minimum Gasteiger partial charge on any atom is -0.465 e. The number of benzene rings is 1. The number of halogens is 1. The van der Waals surface area contributed by atoms with Gasteiger partial charge in [0.25, 0.3) is 4.96 Å². The third-order valence-corrected chi connectivity index (χ3v) is 4.08. The van der Waals surface area contributed by atoms with Crippen LogP contribution in [0.5, 0.6) is 0 Å². The van der Waals surface area contributed by atoms with Crippen LogP contribution >= 0.6 is 11.3 Å². The quantitative estimate of drug-likeness (QED) is 0.431. The smallest absolute Gasteiger partial charge is 0.372 e. The number of aromatic nitrogens is 2. The topological polar surface area (TPSA) is 98.8 Å². The van der Waals surface area contributed by atoms with Crippen molar-refractivity contribution in [1.29, 1.82) is 0 Å². The van der Waals surface area contributed by atoms with Crippen LogP contribution in [0.4, 0.5) is 16.0 Å². The second kappa shape index (κ2) is 6.24. The molecule has 0 unspecified atom stereocenters. The molecule has 8 nitrogen and oxygen atoms in total. The van der Waals surface area contributed by atoms with E-state index in [2.05, 4.69) is 15.0 Å². The van der Waals surface area contributed by atoms with Crippen LogP contribution < -0.4 is 5.32 Å². The molecule has 0 aliphatic carbocycles. The molecule has 0 spiro atoms. The fourth-order valence-electron chi connectivity index (χ4n) is 2.20. The summed E-state index contributed by atoms with van der Waals surface area (Å²) >= 11 is 1.25. The van der Waals surface area contributed by atoms with Gasteiger partial charge in [-0.2, -0.15) is 9.38 Å². The van der Waals surface area contributed by atoms with E-state index in [9.17, 15) is 19.3 Å². The Morgan fingerprint density at radius 1 is 1.54 bits per heavy atom. The molecule has 1 aromatic carbocycles. The number of carbonyl (C=O) groups excluding carboxylic acids is 1. The first-order chi connectivity index (χ1) is 11.5. The van der Waals surface area contributed by atoms with Crippen molar-refractivity contribution < 1.29 is 18.8 Å². The fraction of sp³-hybridized carbons (Fsp3) is 0.143. The highest BCUT2D eigenvalue weighted by Crippen LogP contribution is 2.28. The minimum atomic E-state index is -0.593. The van der Waals surface area contributed by atoms with Crippen molar-refractivity contribution in [1.82, 2.24) is 9.38 Å². The second-order valence-corrected chi connectivity index (χ2v) is 5.62. The first-order valence-electron chi connectivity index (χ1n) is 6.72. The summed E-state index contributed by atoms with van der Waals surface area (Å²) in [7, 11) is 1.23. The molecule has 0 saturated heterocycles. The van der Waals surface area contributed by atoms with Crippen LogP contribution in [0.25, 0.3) is 4.96 Å². The van der Waals surface area contributed by atoms with E-state index in [0.717, 1.165) is 6.07 Å². The van der Waals surface area contributed by atoms with Gasteiger partial charge in [-0.3, -0.25) is 0 Å². The van der Waals surface area contributed by atoms with Gasteiger partial charge in [0.1, 0.15) is 12.0 Å². The Morgan fingerprint density at radius 2 is 2.33 bits per heavy atom. The number of anilines is 1. The van der Waals surface area contributed by atoms with Crippen molar-refractivity contribution >= 4 is 33.9 Å². The average Bonchev–Trinajstić information content (AvgIpc) is 3.13. The number of hydrogen-bond acceptors (Lipinski definition) is 7. The second-order valence-electron chi connectivity index (χ2n) is 4.75. The van der Waals surface area contributed by atoms with E-state index in [1.807, 2.05) is 0 Å². The van der Waals surface area contributed by atoms with Crippen molar-refractivity contribution in [2.75, 3.05) is 12.4 Å². The molecule has 0 atom stereocenters. The molecule has 1 N–H and O–H groups in total. The number of fused-ring (bicyclic) bond motifs is 1. The number of nitro groups is 1. The number of nitrogens with zero attached hydrogens (tertiary/aromatic N) is 3. The van der Waals surface area contributed by atoms with Gasteiger partial charge in [0.15, 0.2) is 0 Å². The number of nitrogens with one attached hydrogen (secondary N) is 1. The monoisotopic (exact) mass is 350 g/mol. The first kappa shape index (κ1) is 15.9. The molecule has 2 aromatic heterocycles. The summed E-state index contributed by atoms with van der Waals surface area (Å²) in [6.45, 7) is -0.0671. The molecule has 2 heterocycles. The standard InChI is InChI=1S/C14H11FN4O4S/c1-23-13(20)8-2-3-10(15)9(6-8)7-16-11-12(19(21)22)18-4-5-24-14(18)17-11/h2-6,16H,7H2,1H3. The zero-order valence-electron chi connectivity index (χ0n) is 12.4. The van der Waals surface area contributed by atoms with Crippen LogP contribution in [0.1, 0.15) is 15.9 Å². The molecular weight excluding hydrogens is 339 g/mol. The van der Waals surface area contributed by atoms with Crippen molar-refractivity contribution in [2.45, 2.75) is 6.54 Å². The Balaban J connectivity index is 1.88. The van der Waals surface area contributed by atoms with Crippen LogP contribution in [0.15, 0.2) is 29.8 Å². The van der Waals surface area contributed by atoms with Crippen LogP contribution in [-0.4, -0.2) is 27.4 Å². The van der Waals surface area contributed by atoms with Gasteiger partial charge in [-0.25, -0.2) is 9.18 Å². The summed E-state index contributed by atoms with van der Waals surface area (Å²) in [4.78, 5) is 26.8. The lowest BCUT2D eigenvalue weighted by Gasteiger charge is -2.07. The Morgan fingerprint density at radius 3 is 3.04 bits per heavy atom. The molecule has 0 aliphatic rings. The molecule has 3 aromatic rings. The molecule has 3 rings (SSSR count). The lowest BCUT2D eigenvalue weighted by molar-refractivity contribution is -0.389. The number of methoxy groups -OCH3 is 1. The zero-order chi connectivity index (χ0) is 17.3. The molecule has 124 valence electrons. The maximum atomic E-state index is 13.9. The summed E-state index contributed by atoms with van der Waals surface area (Å²) in [5.74, 6) is -1.32. The predicted octanol–water partition coefficient (Wildman–Crippen LogP) is 2.84. The van der Waals surface area contributed by atoms with Crippen molar-refractivity contribution in [3.8, 4) is 0 Å². The summed E-state index contributed by atoms with van der Waals surface area (Å²) < 4.78 is 19.8. The summed E-state index contributed by atoms with van der Waals surface area (Å²) in [6.07, 6.45) is 1.54. The number of carbonyl (C=O) groups is 1. The van der Waals surface area contributed by atoms with Gasteiger partial charge in [0.05, 0.1) is 12.7 Å². The zero-order valence-corrected chi connectivity index (χ0v) is 13.2. The van der Waals surface area contributed by atoms with E-state index < -0.39 is 16.7 Å². The largest absolute Gasteiger partial charge is 0.465 e. The van der Waals surface area contributed by atoms with Crippen molar-refractivity contribution in [3.63, 3.8) is 0 Å². The molecule has 0 bridgehead atoms. The molecular formula is C14H11FN4O4S. The Kier molecular flexibility index (Phi) is 4.13. The summed E-state index contributed by atoms with van der Waals surface area (Å²) in [5.41, 5.74) is 0.361. The molecule has 0 radical (unpaired) electrons. The van der Waals surface area contributed by atoms with Gasteiger partial charge in [0.2, 0.25) is 5.82 Å². The maximum Gasteiger partial charge on any atom is 0.372 e. The molecule has 0 aliphatic heterocycles. The molecule has 0 amide bonds. The van der Waals surface area contributed by atoms with Gasteiger partial charge in [-0.15, -0.1) is 0 Å². The van der Waals surface area contributed by atoms with Gasteiger partial charge < -0.3 is 20.2 Å². The molecule has 0 fully saturated rings. The first-order valence-corrected chi connectivity index (χ1v) is 7.59. The number of hydrogen-bond donors (Lipinski definition) is 1. The number of ether oxygens (including phenoxy) is 1. The number of rotatable bonds is 5. The highest BCUT2D eigenvalue weighted by Gasteiger charge is 2.23. The Labute approximate surface area is 138 Å². The van der Waals surface area contributed by atoms with Gasteiger partial charge in [0, 0.05) is 17.5 Å². The number of esters is 1. The van der Waals surface area contributed by atoms with E-state index in [0.29, 0.717) is 4.96 Å². The third-order valence-electron chi connectivity index (χ3n) is 3.32. The molecule has 0 saturated carbocycles. The fourth-order valence-corrected chi connectivity index (χ4v) is 2.91. The SMILES string of the molecule is COC(=O)c1ccc(F)c(CNc2nc3sccn3c2[N+](=O)[O-])c1. The van der Waals surface area contributed by atoms with E-state index in [4.69, 9.17) is 0 Å². The van der Waals surface area contributed by atoms with Gasteiger partial charge in [-0.05, 0) is 23.1 Å². The van der Waals surface area contributed by atoms with Crippen molar-refractivity contribution in [2.24, 2.45) is 0 Å². The average molecular weight is 350 g/mol. The summed E-state index contributed by atoms with van der Waals surface area (Å²) in [5, 5.41) is 15.7. The highest BCUT2D eigenvalue weighted by atomic mass is 32.1. The van der Waals surface area contributed by atoms with Gasteiger partial charge >= 0.3 is 11.8 Å². The lowest BCUT2D eigenvalue weighted by Crippen LogP contribution is -2.07. The Bertz CT molecular complexity index is 936. The third kappa shape index (κ3) is 2.78. The Hall–Kier alpha value is -3.01. The van der Waals surface area contributed by atoms with Crippen LogP contribution in [0.3, 0.4) is 0 Å². The normalized spacial score (nSPS) is 10.8. The predicted molar refractivity (Wildman–Crippen MR) is 84.8 cm³/mol. The van der Waals surface area contributed by atoms with E-state index in [1.165, 1.54) is 41.2 Å². The van der Waals surface area contributed by atoms with E-state index >= 15 is 0 Å². The summed E-state index contributed by atoms with van der Waals surface area (Å²) in [6, 6.07) is 3.78. The number of imidazole rings is 1. The van der Waals surface area contributed by atoms with Crippen molar-refractivity contribution in [3.05, 3.63) is 56.8 Å². The van der Waals surface area contributed by atoms with E-state index in [1.54, 1.807) is 5.38 Å².